The first-order valence-electron chi connectivity index (χ1n) is 11.0. The smallest absolute Gasteiger partial charge is 0.172 e. The SMILES string of the molecule is c1csc(-c2nc(N3CCN(Cc4cccc5c4OCCO5)CC3)c3ccccc3n2)c1. The van der Waals surface area contributed by atoms with Gasteiger partial charge in [0.15, 0.2) is 17.3 Å². The largest absolute Gasteiger partial charge is 0.486 e. The van der Waals surface area contributed by atoms with Gasteiger partial charge in [0.2, 0.25) is 0 Å². The van der Waals surface area contributed by atoms with E-state index in [4.69, 9.17) is 19.4 Å². The highest BCUT2D eigenvalue weighted by atomic mass is 32.1. The summed E-state index contributed by atoms with van der Waals surface area (Å²) in [4.78, 5) is 15.8. The maximum atomic E-state index is 5.91. The van der Waals surface area contributed by atoms with Crippen molar-refractivity contribution in [3.63, 3.8) is 0 Å². The Morgan fingerprint density at radius 1 is 0.844 bits per heavy atom. The predicted molar refractivity (Wildman–Crippen MR) is 128 cm³/mol. The van der Waals surface area contributed by atoms with Gasteiger partial charge in [0.1, 0.15) is 19.0 Å². The van der Waals surface area contributed by atoms with Gasteiger partial charge in [-0.3, -0.25) is 4.90 Å². The van der Waals surface area contributed by atoms with Crippen molar-refractivity contribution < 1.29 is 9.47 Å². The summed E-state index contributed by atoms with van der Waals surface area (Å²) in [7, 11) is 0. The summed E-state index contributed by atoms with van der Waals surface area (Å²) in [5.74, 6) is 3.61. The average Bonchev–Trinajstić information content (AvgIpc) is 3.39. The summed E-state index contributed by atoms with van der Waals surface area (Å²) in [5, 5.41) is 3.19. The third-order valence-corrected chi connectivity index (χ3v) is 6.90. The van der Waals surface area contributed by atoms with E-state index in [9.17, 15) is 0 Å². The topological polar surface area (TPSA) is 50.7 Å². The molecule has 0 amide bonds. The highest BCUT2D eigenvalue weighted by Gasteiger charge is 2.23. The molecule has 4 heterocycles. The number of fused-ring (bicyclic) bond motifs is 2. The first-order chi connectivity index (χ1) is 15.8. The maximum absolute atomic E-state index is 5.91. The zero-order valence-electron chi connectivity index (χ0n) is 17.7. The van der Waals surface area contributed by atoms with Crippen LogP contribution in [0.1, 0.15) is 5.56 Å². The van der Waals surface area contributed by atoms with E-state index in [1.807, 2.05) is 18.2 Å². The van der Waals surface area contributed by atoms with Gasteiger partial charge < -0.3 is 14.4 Å². The molecule has 4 aromatic rings. The van der Waals surface area contributed by atoms with Crippen LogP contribution in [-0.4, -0.2) is 54.3 Å². The third kappa shape index (κ3) is 3.67. The number of rotatable bonds is 4. The minimum absolute atomic E-state index is 0.616. The summed E-state index contributed by atoms with van der Waals surface area (Å²) in [6, 6.07) is 18.6. The molecule has 7 heteroatoms. The zero-order valence-corrected chi connectivity index (χ0v) is 18.6. The Balaban J connectivity index is 1.23. The van der Waals surface area contributed by atoms with Crippen LogP contribution >= 0.6 is 11.3 Å². The maximum Gasteiger partial charge on any atom is 0.172 e. The first kappa shape index (κ1) is 19.5. The number of ether oxygens (including phenoxy) is 2. The summed E-state index contributed by atoms with van der Waals surface area (Å²) in [6.45, 7) is 5.90. The second kappa shape index (κ2) is 8.41. The normalized spacial score (nSPS) is 16.4. The molecule has 0 bridgehead atoms. The lowest BCUT2D eigenvalue weighted by atomic mass is 10.1. The molecule has 1 saturated heterocycles. The lowest BCUT2D eigenvalue weighted by molar-refractivity contribution is 0.166. The molecule has 0 N–H and O–H groups in total. The Morgan fingerprint density at radius 2 is 1.72 bits per heavy atom. The number of anilines is 1. The van der Waals surface area contributed by atoms with Crippen LogP contribution in [-0.2, 0) is 6.54 Å². The van der Waals surface area contributed by atoms with E-state index < -0.39 is 0 Å². The fourth-order valence-corrected chi connectivity index (χ4v) is 5.09. The van der Waals surface area contributed by atoms with E-state index in [-0.39, 0.29) is 0 Å². The first-order valence-corrected chi connectivity index (χ1v) is 11.9. The van der Waals surface area contributed by atoms with Gasteiger partial charge >= 0.3 is 0 Å². The van der Waals surface area contributed by atoms with Crippen molar-refractivity contribution in [3.05, 3.63) is 65.5 Å². The molecule has 6 rings (SSSR count). The van der Waals surface area contributed by atoms with Crippen LogP contribution in [0.15, 0.2) is 60.0 Å². The van der Waals surface area contributed by atoms with Crippen LogP contribution in [0.25, 0.3) is 21.6 Å². The van der Waals surface area contributed by atoms with Crippen molar-refractivity contribution in [3.8, 4) is 22.2 Å². The van der Waals surface area contributed by atoms with Crippen LogP contribution in [0.3, 0.4) is 0 Å². The quantitative estimate of drug-likeness (QED) is 0.464. The van der Waals surface area contributed by atoms with Crippen molar-refractivity contribution in [2.75, 3.05) is 44.3 Å². The Labute approximate surface area is 191 Å². The molecule has 6 nitrogen and oxygen atoms in total. The average molecular weight is 445 g/mol. The molecule has 2 aliphatic rings. The molecule has 162 valence electrons. The number of hydrogen-bond donors (Lipinski definition) is 0. The number of aromatic nitrogens is 2. The highest BCUT2D eigenvalue weighted by Crippen LogP contribution is 2.35. The van der Waals surface area contributed by atoms with Gasteiger partial charge in [-0.2, -0.15) is 0 Å². The van der Waals surface area contributed by atoms with Gasteiger partial charge in [-0.1, -0.05) is 30.3 Å². The molecular weight excluding hydrogens is 420 g/mol. The number of nitrogens with zero attached hydrogens (tertiary/aromatic N) is 4. The Bertz CT molecular complexity index is 1240. The van der Waals surface area contributed by atoms with Gasteiger partial charge in [-0.05, 0) is 29.6 Å². The number of benzene rings is 2. The molecule has 0 spiro atoms. The van der Waals surface area contributed by atoms with Gasteiger partial charge in [-0.15, -0.1) is 11.3 Å². The van der Waals surface area contributed by atoms with Gasteiger partial charge in [0, 0.05) is 43.7 Å². The molecule has 32 heavy (non-hydrogen) atoms. The third-order valence-electron chi connectivity index (χ3n) is 6.04. The van der Waals surface area contributed by atoms with E-state index in [2.05, 4.69) is 51.6 Å². The van der Waals surface area contributed by atoms with Crippen molar-refractivity contribution in [1.82, 2.24) is 14.9 Å². The molecule has 2 aromatic carbocycles. The molecule has 0 unspecified atom stereocenters. The number of hydrogen-bond acceptors (Lipinski definition) is 7. The Morgan fingerprint density at radius 3 is 2.59 bits per heavy atom. The molecule has 2 aliphatic heterocycles. The van der Waals surface area contributed by atoms with Crippen molar-refractivity contribution in [2.45, 2.75) is 6.54 Å². The lowest BCUT2D eigenvalue weighted by Crippen LogP contribution is -2.46. The summed E-state index contributed by atoms with van der Waals surface area (Å²) in [6.07, 6.45) is 0. The Hall–Kier alpha value is -3.16. The fourth-order valence-electron chi connectivity index (χ4n) is 4.43. The predicted octanol–water partition coefficient (Wildman–Crippen LogP) is 4.45. The summed E-state index contributed by atoms with van der Waals surface area (Å²) < 4.78 is 11.7. The molecule has 0 radical (unpaired) electrons. The van der Waals surface area contributed by atoms with Crippen LogP contribution in [0, 0.1) is 0 Å². The van der Waals surface area contributed by atoms with Crippen LogP contribution in [0.2, 0.25) is 0 Å². The van der Waals surface area contributed by atoms with Crippen molar-refractivity contribution >= 4 is 28.1 Å². The summed E-state index contributed by atoms with van der Waals surface area (Å²) in [5.41, 5.74) is 2.19. The minimum Gasteiger partial charge on any atom is -0.486 e. The minimum atomic E-state index is 0.616. The molecule has 2 aromatic heterocycles. The van der Waals surface area contributed by atoms with Crippen LogP contribution in [0.5, 0.6) is 11.5 Å². The monoisotopic (exact) mass is 444 g/mol. The van der Waals surface area contributed by atoms with Crippen molar-refractivity contribution in [1.29, 1.82) is 0 Å². The molecule has 0 saturated carbocycles. The molecule has 0 atom stereocenters. The van der Waals surface area contributed by atoms with Crippen molar-refractivity contribution in [2.24, 2.45) is 0 Å². The lowest BCUT2D eigenvalue weighted by Gasteiger charge is -2.36. The zero-order chi connectivity index (χ0) is 21.3. The van der Waals surface area contributed by atoms with E-state index in [0.29, 0.717) is 13.2 Å². The van der Waals surface area contributed by atoms with Gasteiger partial charge in [0.05, 0.1) is 10.4 Å². The van der Waals surface area contributed by atoms with E-state index in [1.165, 1.54) is 5.56 Å². The van der Waals surface area contributed by atoms with Gasteiger partial charge in [0.25, 0.3) is 0 Å². The van der Waals surface area contributed by atoms with Crippen LogP contribution in [0.4, 0.5) is 5.82 Å². The standard InChI is InChI=1S/C25H24N4O2S/c1-2-7-20-19(6-1)25(27-24(26-20)22-9-4-16-32-22)29-12-10-28(11-13-29)17-18-5-3-8-21-23(18)31-15-14-30-21/h1-9,16H,10-15,17H2. The summed E-state index contributed by atoms with van der Waals surface area (Å²) >= 11 is 1.68. The highest BCUT2D eigenvalue weighted by molar-refractivity contribution is 7.13. The number of thiophene rings is 1. The van der Waals surface area contributed by atoms with Gasteiger partial charge in [-0.25, -0.2) is 9.97 Å². The Kier molecular flexibility index (Phi) is 5.13. The second-order valence-corrected chi connectivity index (χ2v) is 9.02. The molecule has 1 fully saturated rings. The number of para-hydroxylation sites is 2. The second-order valence-electron chi connectivity index (χ2n) is 8.07. The molecular formula is C25H24N4O2S. The van der Waals surface area contributed by atoms with E-state index >= 15 is 0 Å². The van der Waals surface area contributed by atoms with E-state index in [1.54, 1.807) is 11.3 Å². The van der Waals surface area contributed by atoms with Crippen LogP contribution < -0.4 is 14.4 Å². The van der Waals surface area contributed by atoms with E-state index in [0.717, 1.165) is 71.6 Å². The number of piperazine rings is 1. The molecule has 0 aliphatic carbocycles. The fraction of sp³-hybridized carbons (Fsp3) is 0.280.